The molecule has 0 aromatic heterocycles. The lowest BCUT2D eigenvalue weighted by Crippen LogP contribution is -2.24. The second-order valence-corrected chi connectivity index (χ2v) is 9.02. The molecule has 0 radical (unpaired) electrons. The highest BCUT2D eigenvalue weighted by Crippen LogP contribution is 2.38. The molecule has 0 bridgehead atoms. The summed E-state index contributed by atoms with van der Waals surface area (Å²) in [6, 6.07) is 9.66. The number of alkyl halides is 5. The Hall–Kier alpha value is -2.48. The Morgan fingerprint density at radius 1 is 0.914 bits per heavy atom. The number of allylic oxidation sites excluding steroid dienone is 2. The van der Waals surface area contributed by atoms with E-state index in [-0.39, 0.29) is 12.2 Å². The minimum absolute atomic E-state index is 0.210. The van der Waals surface area contributed by atoms with Crippen molar-refractivity contribution in [3.05, 3.63) is 77.1 Å². The maximum atomic E-state index is 14.3. The van der Waals surface area contributed by atoms with Gasteiger partial charge in [0.2, 0.25) is 0 Å². The monoisotopic (exact) mass is 500 g/mol. The third-order valence-electron chi connectivity index (χ3n) is 6.36. The van der Waals surface area contributed by atoms with Gasteiger partial charge in [-0.05, 0) is 86.1 Å². The predicted molar refractivity (Wildman–Crippen MR) is 122 cm³/mol. The molecular weight excluding hydrogens is 470 g/mol. The quantitative estimate of drug-likeness (QED) is 0.240. The SMILES string of the molecule is C/C=C/CCC1CCC(c2ccc(COC(F)(F)Cc3ccc(OC(F)(F)F)c(F)c3)cc2)CC1. The third-order valence-corrected chi connectivity index (χ3v) is 6.36. The molecule has 35 heavy (non-hydrogen) atoms. The normalized spacial score (nSPS) is 19.3. The summed E-state index contributed by atoms with van der Waals surface area (Å²) in [4.78, 5) is 0. The Bertz CT molecular complexity index is 961. The number of hydrogen-bond donors (Lipinski definition) is 0. The zero-order chi connectivity index (χ0) is 25.5. The van der Waals surface area contributed by atoms with Gasteiger partial charge in [-0.15, -0.1) is 13.2 Å². The molecule has 1 fully saturated rings. The summed E-state index contributed by atoms with van der Waals surface area (Å²) in [6.07, 6.45) is 1.60. The van der Waals surface area contributed by atoms with Crippen LogP contribution in [0.5, 0.6) is 5.75 Å². The predicted octanol–water partition coefficient (Wildman–Crippen LogP) is 8.71. The Morgan fingerprint density at radius 2 is 1.57 bits per heavy atom. The standard InChI is InChI=1S/C27H30F6O2/c1-2-3-4-5-19-6-11-22(12-7-19)23-13-8-20(9-14-23)18-34-26(29,30)17-21-10-15-25(24(28)16-21)35-27(31,32)33/h2-3,8-10,13-16,19,22H,4-7,11-12,17-18H2,1H3/b3-2+. The van der Waals surface area contributed by atoms with Crippen LogP contribution in [0.4, 0.5) is 26.3 Å². The summed E-state index contributed by atoms with van der Waals surface area (Å²) in [5.74, 6) is -1.21. The molecule has 0 saturated heterocycles. The molecule has 1 aliphatic rings. The van der Waals surface area contributed by atoms with E-state index in [4.69, 9.17) is 4.74 Å². The van der Waals surface area contributed by atoms with E-state index in [0.29, 0.717) is 23.6 Å². The Kier molecular flexibility index (Phi) is 9.27. The molecular formula is C27H30F6O2. The largest absolute Gasteiger partial charge is 0.573 e. The van der Waals surface area contributed by atoms with Gasteiger partial charge in [0, 0.05) is 0 Å². The topological polar surface area (TPSA) is 18.5 Å². The molecule has 3 rings (SSSR count). The number of halogens is 6. The minimum Gasteiger partial charge on any atom is -0.403 e. The fraction of sp³-hybridized carbons (Fsp3) is 0.481. The van der Waals surface area contributed by atoms with Crippen molar-refractivity contribution in [2.24, 2.45) is 5.92 Å². The van der Waals surface area contributed by atoms with Crippen molar-refractivity contribution < 1.29 is 35.8 Å². The van der Waals surface area contributed by atoms with Gasteiger partial charge < -0.3 is 9.47 Å². The molecule has 0 heterocycles. The van der Waals surface area contributed by atoms with E-state index >= 15 is 0 Å². The van der Waals surface area contributed by atoms with Crippen LogP contribution in [-0.2, 0) is 17.8 Å². The zero-order valence-electron chi connectivity index (χ0n) is 19.6. The first kappa shape index (κ1) is 27.1. The molecule has 2 aromatic carbocycles. The first-order valence-electron chi connectivity index (χ1n) is 11.8. The number of benzene rings is 2. The number of rotatable bonds is 10. The summed E-state index contributed by atoms with van der Waals surface area (Å²) in [5, 5.41) is 0. The second kappa shape index (κ2) is 12.0. The van der Waals surface area contributed by atoms with E-state index in [1.54, 1.807) is 12.1 Å². The minimum atomic E-state index is -5.07. The molecule has 0 atom stereocenters. The third kappa shape index (κ3) is 8.91. The van der Waals surface area contributed by atoms with E-state index in [1.165, 1.54) is 24.8 Å². The highest BCUT2D eigenvalue weighted by molar-refractivity contribution is 5.30. The fourth-order valence-corrected chi connectivity index (χ4v) is 4.51. The summed E-state index contributed by atoms with van der Waals surface area (Å²) >= 11 is 0. The van der Waals surface area contributed by atoms with Gasteiger partial charge >= 0.3 is 12.5 Å². The van der Waals surface area contributed by atoms with Crippen LogP contribution < -0.4 is 4.74 Å². The van der Waals surface area contributed by atoms with Gasteiger partial charge in [0.1, 0.15) is 0 Å². The van der Waals surface area contributed by atoms with Crippen molar-refractivity contribution in [2.75, 3.05) is 0 Å². The van der Waals surface area contributed by atoms with Gasteiger partial charge in [-0.25, -0.2) is 4.39 Å². The fourth-order valence-electron chi connectivity index (χ4n) is 4.51. The van der Waals surface area contributed by atoms with Crippen LogP contribution in [0.15, 0.2) is 54.6 Å². The molecule has 1 saturated carbocycles. The van der Waals surface area contributed by atoms with Crippen LogP contribution in [0, 0.1) is 11.7 Å². The molecule has 1 aliphatic carbocycles. The molecule has 0 amide bonds. The summed E-state index contributed by atoms with van der Waals surface area (Å²) in [6.45, 7) is 1.69. The average Bonchev–Trinajstić information content (AvgIpc) is 2.80. The van der Waals surface area contributed by atoms with Crippen LogP contribution in [-0.4, -0.2) is 12.5 Å². The lowest BCUT2D eigenvalue weighted by Gasteiger charge is -2.28. The van der Waals surface area contributed by atoms with Gasteiger partial charge in [-0.1, -0.05) is 42.5 Å². The Morgan fingerprint density at radius 3 is 2.17 bits per heavy atom. The van der Waals surface area contributed by atoms with Crippen LogP contribution in [0.2, 0.25) is 0 Å². The number of ether oxygens (including phenoxy) is 2. The molecule has 0 unspecified atom stereocenters. The average molecular weight is 501 g/mol. The number of hydrogen-bond acceptors (Lipinski definition) is 2. The van der Waals surface area contributed by atoms with E-state index in [1.807, 2.05) is 19.1 Å². The summed E-state index contributed by atoms with van der Waals surface area (Å²) in [5.41, 5.74) is 1.57. The first-order chi connectivity index (χ1) is 16.5. The van der Waals surface area contributed by atoms with Crippen molar-refractivity contribution in [1.82, 2.24) is 0 Å². The summed E-state index contributed by atoms with van der Waals surface area (Å²) < 4.78 is 87.2. The lowest BCUT2D eigenvalue weighted by atomic mass is 9.77. The van der Waals surface area contributed by atoms with Crippen molar-refractivity contribution in [3.8, 4) is 5.75 Å². The first-order valence-corrected chi connectivity index (χ1v) is 11.8. The van der Waals surface area contributed by atoms with Crippen molar-refractivity contribution in [2.45, 2.75) is 76.9 Å². The van der Waals surface area contributed by atoms with Crippen molar-refractivity contribution in [3.63, 3.8) is 0 Å². The molecule has 8 heteroatoms. The molecule has 0 N–H and O–H groups in total. The zero-order valence-corrected chi connectivity index (χ0v) is 19.6. The Balaban J connectivity index is 1.48. The van der Waals surface area contributed by atoms with E-state index in [9.17, 15) is 26.3 Å². The van der Waals surface area contributed by atoms with Gasteiger partial charge in [-0.3, -0.25) is 0 Å². The maximum absolute atomic E-state index is 14.3. The molecule has 192 valence electrons. The van der Waals surface area contributed by atoms with Crippen molar-refractivity contribution >= 4 is 0 Å². The van der Waals surface area contributed by atoms with Gasteiger partial charge in [0.05, 0.1) is 13.0 Å². The second-order valence-electron chi connectivity index (χ2n) is 9.02. The molecule has 0 aliphatic heterocycles. The van der Waals surface area contributed by atoms with Crippen LogP contribution >= 0.6 is 0 Å². The summed E-state index contributed by atoms with van der Waals surface area (Å²) in [7, 11) is 0. The highest BCUT2D eigenvalue weighted by atomic mass is 19.4. The van der Waals surface area contributed by atoms with Gasteiger partial charge in [0.25, 0.3) is 0 Å². The molecule has 2 aromatic rings. The molecule has 2 nitrogen and oxygen atoms in total. The smallest absolute Gasteiger partial charge is 0.403 e. The van der Waals surface area contributed by atoms with E-state index < -0.39 is 30.5 Å². The Labute approximate surface area is 201 Å². The van der Waals surface area contributed by atoms with Gasteiger partial charge in [-0.2, -0.15) is 8.78 Å². The van der Waals surface area contributed by atoms with Crippen LogP contribution in [0.25, 0.3) is 0 Å². The van der Waals surface area contributed by atoms with Gasteiger partial charge in [0.15, 0.2) is 11.6 Å². The van der Waals surface area contributed by atoms with Crippen molar-refractivity contribution in [1.29, 1.82) is 0 Å². The van der Waals surface area contributed by atoms with Crippen LogP contribution in [0.1, 0.15) is 68.1 Å². The molecule has 0 spiro atoms. The lowest BCUT2D eigenvalue weighted by molar-refractivity contribution is -0.275. The highest BCUT2D eigenvalue weighted by Gasteiger charge is 2.34. The maximum Gasteiger partial charge on any atom is 0.573 e. The van der Waals surface area contributed by atoms with Crippen LogP contribution in [0.3, 0.4) is 0 Å². The van der Waals surface area contributed by atoms with E-state index in [2.05, 4.69) is 16.9 Å². The van der Waals surface area contributed by atoms with E-state index in [0.717, 1.165) is 31.2 Å².